The molecule has 0 saturated carbocycles. The Morgan fingerprint density at radius 3 is 2.17 bits per heavy atom. The van der Waals surface area contributed by atoms with Gasteiger partial charge < -0.3 is 14.2 Å². The van der Waals surface area contributed by atoms with Crippen LogP contribution in [0.3, 0.4) is 0 Å². The zero-order valence-electron chi connectivity index (χ0n) is 17.4. The molecule has 0 unspecified atom stereocenters. The van der Waals surface area contributed by atoms with Gasteiger partial charge in [-0.15, -0.1) is 0 Å². The molecule has 1 heterocycles. The number of para-hydroxylation sites is 1. The van der Waals surface area contributed by atoms with E-state index in [1.807, 2.05) is 72.8 Å². The highest BCUT2D eigenvalue weighted by molar-refractivity contribution is 5.65. The van der Waals surface area contributed by atoms with Crippen LogP contribution in [0.25, 0.3) is 22.8 Å². The first kappa shape index (κ1) is 19.9. The first-order valence-electron chi connectivity index (χ1n) is 10.00. The van der Waals surface area contributed by atoms with E-state index >= 15 is 0 Å². The SMILES string of the molecule is C[C@@H]([C@@H](Oc1ccccc1-c1nc(-c2ccccc2)no1)c1ccccc1)N(C)C. The van der Waals surface area contributed by atoms with Crippen molar-refractivity contribution < 1.29 is 9.26 Å². The number of ether oxygens (including phenoxy) is 1. The molecule has 3 aromatic carbocycles. The predicted molar refractivity (Wildman–Crippen MR) is 118 cm³/mol. The molecule has 152 valence electrons. The van der Waals surface area contributed by atoms with Gasteiger partial charge >= 0.3 is 0 Å². The van der Waals surface area contributed by atoms with Crippen LogP contribution < -0.4 is 4.74 Å². The Labute approximate surface area is 176 Å². The molecule has 0 fully saturated rings. The number of nitrogens with zero attached hydrogens (tertiary/aromatic N) is 3. The van der Waals surface area contributed by atoms with Crippen LogP contribution in [0.1, 0.15) is 18.6 Å². The average Bonchev–Trinajstić information content (AvgIpc) is 3.28. The van der Waals surface area contributed by atoms with Gasteiger partial charge in [0.15, 0.2) is 0 Å². The summed E-state index contributed by atoms with van der Waals surface area (Å²) in [5.74, 6) is 1.71. The molecule has 0 bridgehead atoms. The lowest BCUT2D eigenvalue weighted by molar-refractivity contribution is 0.108. The van der Waals surface area contributed by atoms with Gasteiger partial charge in [0.1, 0.15) is 11.9 Å². The van der Waals surface area contributed by atoms with Gasteiger partial charge in [0.2, 0.25) is 5.82 Å². The summed E-state index contributed by atoms with van der Waals surface area (Å²) < 4.78 is 12.1. The van der Waals surface area contributed by atoms with Gasteiger partial charge in [-0.2, -0.15) is 4.98 Å². The number of rotatable bonds is 7. The Hall–Kier alpha value is -3.44. The summed E-state index contributed by atoms with van der Waals surface area (Å²) in [6, 6.07) is 28.0. The maximum Gasteiger partial charge on any atom is 0.262 e. The van der Waals surface area contributed by atoms with Crippen LogP contribution in [0.15, 0.2) is 89.5 Å². The Kier molecular flexibility index (Phi) is 5.91. The highest BCUT2D eigenvalue weighted by Crippen LogP contribution is 2.34. The Bertz CT molecular complexity index is 1080. The second-order valence-electron chi connectivity index (χ2n) is 7.44. The van der Waals surface area contributed by atoms with Crippen LogP contribution in [-0.2, 0) is 0 Å². The van der Waals surface area contributed by atoms with E-state index < -0.39 is 0 Å². The zero-order chi connectivity index (χ0) is 20.9. The average molecular weight is 399 g/mol. The van der Waals surface area contributed by atoms with Crippen molar-refractivity contribution in [1.29, 1.82) is 0 Å². The lowest BCUT2D eigenvalue weighted by Crippen LogP contribution is -2.34. The lowest BCUT2D eigenvalue weighted by atomic mass is 10.0. The Morgan fingerprint density at radius 1 is 0.833 bits per heavy atom. The van der Waals surface area contributed by atoms with Gasteiger partial charge in [-0.25, -0.2) is 0 Å². The van der Waals surface area contributed by atoms with Crippen molar-refractivity contribution in [3.63, 3.8) is 0 Å². The summed E-state index contributed by atoms with van der Waals surface area (Å²) >= 11 is 0. The van der Waals surface area contributed by atoms with Crippen molar-refractivity contribution in [3.05, 3.63) is 90.5 Å². The lowest BCUT2D eigenvalue weighted by Gasteiger charge is -2.30. The maximum atomic E-state index is 6.55. The van der Waals surface area contributed by atoms with E-state index in [0.29, 0.717) is 17.5 Å². The topological polar surface area (TPSA) is 51.4 Å². The Morgan fingerprint density at radius 2 is 1.47 bits per heavy atom. The van der Waals surface area contributed by atoms with Crippen molar-refractivity contribution in [1.82, 2.24) is 15.0 Å². The van der Waals surface area contributed by atoms with Crippen LogP contribution in [-0.4, -0.2) is 35.2 Å². The van der Waals surface area contributed by atoms with E-state index in [0.717, 1.165) is 16.7 Å². The first-order valence-corrected chi connectivity index (χ1v) is 10.00. The molecule has 0 saturated heterocycles. The number of benzene rings is 3. The molecule has 0 amide bonds. The molecule has 5 heteroatoms. The molecule has 0 radical (unpaired) electrons. The largest absolute Gasteiger partial charge is 0.483 e. The molecule has 0 N–H and O–H groups in total. The Balaban J connectivity index is 1.68. The standard InChI is InChI=1S/C25H25N3O2/c1-18(28(2)3)23(19-12-6-4-7-13-19)29-22-17-11-10-16-21(22)25-26-24(27-30-25)20-14-8-5-9-15-20/h4-18,23H,1-3H3/t18-,23+/m0/s1. The van der Waals surface area contributed by atoms with E-state index in [4.69, 9.17) is 9.26 Å². The molecular weight excluding hydrogens is 374 g/mol. The fraction of sp³-hybridized carbons (Fsp3) is 0.200. The quantitative estimate of drug-likeness (QED) is 0.412. The number of aromatic nitrogens is 2. The summed E-state index contributed by atoms with van der Waals surface area (Å²) in [4.78, 5) is 6.76. The summed E-state index contributed by atoms with van der Waals surface area (Å²) in [5.41, 5.74) is 2.80. The third kappa shape index (κ3) is 4.26. The second kappa shape index (κ2) is 8.93. The molecule has 4 aromatic rings. The highest BCUT2D eigenvalue weighted by Gasteiger charge is 2.25. The summed E-state index contributed by atoms with van der Waals surface area (Å²) in [7, 11) is 4.11. The van der Waals surface area contributed by atoms with Gasteiger partial charge in [0, 0.05) is 11.6 Å². The number of hydrogen-bond acceptors (Lipinski definition) is 5. The van der Waals surface area contributed by atoms with Crippen LogP contribution in [0, 0.1) is 0 Å². The molecule has 0 aliphatic carbocycles. The number of likely N-dealkylation sites (N-methyl/N-ethyl adjacent to an activating group) is 1. The molecule has 30 heavy (non-hydrogen) atoms. The van der Waals surface area contributed by atoms with Crippen molar-refractivity contribution >= 4 is 0 Å². The van der Waals surface area contributed by atoms with E-state index in [1.54, 1.807) is 0 Å². The fourth-order valence-electron chi connectivity index (χ4n) is 3.28. The third-order valence-corrected chi connectivity index (χ3v) is 5.21. The van der Waals surface area contributed by atoms with Gasteiger partial charge in [-0.05, 0) is 38.7 Å². The van der Waals surface area contributed by atoms with Gasteiger partial charge in [-0.1, -0.05) is 78.0 Å². The van der Waals surface area contributed by atoms with Crippen LogP contribution in [0.2, 0.25) is 0 Å². The van der Waals surface area contributed by atoms with E-state index in [9.17, 15) is 0 Å². The third-order valence-electron chi connectivity index (χ3n) is 5.21. The first-order chi connectivity index (χ1) is 14.6. The van der Waals surface area contributed by atoms with E-state index in [2.05, 4.69) is 48.2 Å². The van der Waals surface area contributed by atoms with Gasteiger partial charge in [-0.3, -0.25) is 0 Å². The minimum atomic E-state index is -0.154. The minimum Gasteiger partial charge on any atom is -0.483 e. The predicted octanol–water partition coefficient (Wildman–Crippen LogP) is 5.47. The highest BCUT2D eigenvalue weighted by atomic mass is 16.5. The van der Waals surface area contributed by atoms with Crippen molar-refractivity contribution in [2.45, 2.75) is 19.1 Å². The second-order valence-corrected chi connectivity index (χ2v) is 7.44. The summed E-state index contributed by atoms with van der Waals surface area (Å²) in [6.07, 6.45) is -0.154. The number of hydrogen-bond donors (Lipinski definition) is 0. The molecule has 0 aliphatic rings. The van der Waals surface area contributed by atoms with Crippen molar-refractivity contribution in [3.8, 4) is 28.6 Å². The van der Waals surface area contributed by atoms with Gasteiger partial charge in [0.05, 0.1) is 5.56 Å². The van der Waals surface area contributed by atoms with Crippen molar-refractivity contribution in [2.24, 2.45) is 0 Å². The molecule has 5 nitrogen and oxygen atoms in total. The molecular formula is C25H25N3O2. The monoisotopic (exact) mass is 399 g/mol. The molecule has 4 rings (SSSR count). The molecule has 0 spiro atoms. The van der Waals surface area contributed by atoms with E-state index in [-0.39, 0.29) is 12.1 Å². The van der Waals surface area contributed by atoms with Crippen LogP contribution in [0.5, 0.6) is 5.75 Å². The zero-order valence-corrected chi connectivity index (χ0v) is 17.4. The molecule has 1 aromatic heterocycles. The smallest absolute Gasteiger partial charge is 0.262 e. The van der Waals surface area contributed by atoms with Crippen LogP contribution in [0.4, 0.5) is 0 Å². The fourth-order valence-corrected chi connectivity index (χ4v) is 3.28. The van der Waals surface area contributed by atoms with E-state index in [1.165, 1.54) is 0 Å². The summed E-state index contributed by atoms with van der Waals surface area (Å²) in [5, 5.41) is 4.15. The maximum absolute atomic E-state index is 6.55. The van der Waals surface area contributed by atoms with Crippen LogP contribution >= 0.6 is 0 Å². The molecule has 0 aliphatic heterocycles. The summed E-state index contributed by atoms with van der Waals surface area (Å²) in [6.45, 7) is 2.15. The molecule has 2 atom stereocenters. The van der Waals surface area contributed by atoms with Gasteiger partial charge in [0.25, 0.3) is 5.89 Å². The van der Waals surface area contributed by atoms with Crippen molar-refractivity contribution in [2.75, 3.05) is 14.1 Å². The normalized spacial score (nSPS) is 13.2. The minimum absolute atomic E-state index is 0.154.